The van der Waals surface area contributed by atoms with Gasteiger partial charge in [0.1, 0.15) is 6.07 Å². The van der Waals surface area contributed by atoms with E-state index >= 15 is 0 Å². The van der Waals surface area contributed by atoms with Crippen molar-refractivity contribution in [2.45, 2.75) is 26.0 Å². The SMILES string of the molecule is Cc1c(N[C@@H](C(=O)O)C(C)O)ccc(C#N)c1Cl. The summed E-state index contributed by atoms with van der Waals surface area (Å²) in [6.07, 6.45) is -1.06. The van der Waals surface area contributed by atoms with Gasteiger partial charge in [0.25, 0.3) is 0 Å². The molecule has 0 aliphatic carbocycles. The fourth-order valence-electron chi connectivity index (χ4n) is 1.48. The van der Waals surface area contributed by atoms with Gasteiger partial charge in [0.05, 0.1) is 16.7 Å². The highest BCUT2D eigenvalue weighted by molar-refractivity contribution is 6.32. The van der Waals surface area contributed by atoms with Crippen molar-refractivity contribution < 1.29 is 15.0 Å². The maximum atomic E-state index is 11.0. The van der Waals surface area contributed by atoms with Crippen LogP contribution >= 0.6 is 11.6 Å². The van der Waals surface area contributed by atoms with Gasteiger partial charge in [-0.05, 0) is 31.5 Å². The molecule has 6 heteroatoms. The van der Waals surface area contributed by atoms with Gasteiger partial charge in [-0.1, -0.05) is 11.6 Å². The number of nitrogens with zero attached hydrogens (tertiary/aromatic N) is 1. The fourth-order valence-corrected chi connectivity index (χ4v) is 1.69. The van der Waals surface area contributed by atoms with E-state index < -0.39 is 18.1 Å². The normalized spacial score (nSPS) is 13.5. The third-order valence-electron chi connectivity index (χ3n) is 2.57. The van der Waals surface area contributed by atoms with Gasteiger partial charge in [0, 0.05) is 5.69 Å². The first-order valence-corrected chi connectivity index (χ1v) is 5.63. The molecule has 96 valence electrons. The number of carbonyl (C=O) groups is 1. The number of hydrogen-bond acceptors (Lipinski definition) is 4. The Morgan fingerprint density at radius 3 is 2.61 bits per heavy atom. The number of nitriles is 1. The Morgan fingerprint density at radius 2 is 2.17 bits per heavy atom. The first-order chi connectivity index (χ1) is 8.38. The second-order valence-electron chi connectivity index (χ2n) is 3.91. The van der Waals surface area contributed by atoms with Gasteiger partial charge in [-0.3, -0.25) is 0 Å². The number of carboxylic acids is 1. The van der Waals surface area contributed by atoms with Crippen molar-refractivity contribution in [3.8, 4) is 6.07 Å². The average Bonchev–Trinajstić information content (AvgIpc) is 2.30. The number of anilines is 1. The zero-order valence-corrected chi connectivity index (χ0v) is 10.7. The van der Waals surface area contributed by atoms with Gasteiger partial charge in [0.15, 0.2) is 6.04 Å². The number of carboxylic acid groups (broad SMARTS) is 1. The Morgan fingerprint density at radius 1 is 1.56 bits per heavy atom. The maximum Gasteiger partial charge on any atom is 0.328 e. The third-order valence-corrected chi connectivity index (χ3v) is 3.05. The van der Waals surface area contributed by atoms with Crippen LogP contribution in [-0.2, 0) is 4.79 Å². The molecule has 1 rings (SSSR count). The smallest absolute Gasteiger partial charge is 0.328 e. The highest BCUT2D eigenvalue weighted by Gasteiger charge is 2.23. The van der Waals surface area contributed by atoms with Crippen molar-refractivity contribution in [2.75, 3.05) is 5.32 Å². The topological polar surface area (TPSA) is 93.3 Å². The summed E-state index contributed by atoms with van der Waals surface area (Å²) >= 11 is 5.97. The van der Waals surface area contributed by atoms with Crippen LogP contribution in [0.5, 0.6) is 0 Å². The van der Waals surface area contributed by atoms with Crippen LogP contribution in [0.25, 0.3) is 0 Å². The van der Waals surface area contributed by atoms with Gasteiger partial charge in [-0.15, -0.1) is 0 Å². The van der Waals surface area contributed by atoms with Crippen LogP contribution in [0.3, 0.4) is 0 Å². The van der Waals surface area contributed by atoms with E-state index in [1.54, 1.807) is 13.0 Å². The summed E-state index contributed by atoms with van der Waals surface area (Å²) in [6, 6.07) is 3.87. The molecule has 0 amide bonds. The van der Waals surface area contributed by atoms with Crippen LogP contribution in [-0.4, -0.2) is 28.3 Å². The summed E-state index contributed by atoms with van der Waals surface area (Å²) in [5, 5.41) is 30.1. The zero-order valence-electron chi connectivity index (χ0n) is 9.94. The van der Waals surface area contributed by atoms with Crippen LogP contribution in [0.1, 0.15) is 18.1 Å². The summed E-state index contributed by atoms with van der Waals surface area (Å²) in [5.41, 5.74) is 1.37. The maximum absolute atomic E-state index is 11.0. The van der Waals surface area contributed by atoms with Gasteiger partial charge in [-0.25, -0.2) is 4.79 Å². The van der Waals surface area contributed by atoms with Crippen LogP contribution in [0.4, 0.5) is 5.69 Å². The molecule has 0 saturated heterocycles. The number of halogens is 1. The van der Waals surface area contributed by atoms with Gasteiger partial charge in [-0.2, -0.15) is 5.26 Å². The molecule has 0 aliphatic rings. The van der Waals surface area contributed by atoms with Gasteiger partial charge >= 0.3 is 5.97 Å². The van der Waals surface area contributed by atoms with Gasteiger partial charge in [0.2, 0.25) is 0 Å². The molecule has 5 nitrogen and oxygen atoms in total. The number of aliphatic hydroxyl groups excluding tert-OH is 1. The molecule has 1 aromatic carbocycles. The number of rotatable bonds is 4. The number of aliphatic hydroxyl groups is 1. The molecule has 3 N–H and O–H groups in total. The highest BCUT2D eigenvalue weighted by Crippen LogP contribution is 2.27. The lowest BCUT2D eigenvalue weighted by atomic mass is 10.1. The summed E-state index contributed by atoms with van der Waals surface area (Å²) < 4.78 is 0. The quantitative estimate of drug-likeness (QED) is 0.774. The molecule has 2 atom stereocenters. The van der Waals surface area contributed by atoms with E-state index in [1.807, 2.05) is 6.07 Å². The highest BCUT2D eigenvalue weighted by atomic mass is 35.5. The van der Waals surface area contributed by atoms with E-state index in [9.17, 15) is 9.90 Å². The van der Waals surface area contributed by atoms with Crippen LogP contribution in [0, 0.1) is 18.3 Å². The lowest BCUT2D eigenvalue weighted by Crippen LogP contribution is -2.39. The number of nitrogens with one attached hydrogen (secondary N) is 1. The predicted molar refractivity (Wildman–Crippen MR) is 67.6 cm³/mol. The zero-order chi connectivity index (χ0) is 13.9. The predicted octanol–water partition coefficient (Wildman–Crippen LogP) is 1.77. The monoisotopic (exact) mass is 268 g/mol. The van der Waals surface area contributed by atoms with E-state index in [0.717, 1.165) is 0 Å². The molecule has 0 spiro atoms. The number of benzene rings is 1. The van der Waals surface area contributed by atoms with Crippen LogP contribution in [0.15, 0.2) is 12.1 Å². The summed E-state index contributed by atoms with van der Waals surface area (Å²) in [7, 11) is 0. The summed E-state index contributed by atoms with van der Waals surface area (Å²) in [6.45, 7) is 3.05. The number of hydrogen-bond donors (Lipinski definition) is 3. The Labute approximate surface area is 110 Å². The second-order valence-corrected chi connectivity index (χ2v) is 4.29. The van der Waals surface area contributed by atoms with Crippen molar-refractivity contribution in [3.63, 3.8) is 0 Å². The molecular weight excluding hydrogens is 256 g/mol. The molecule has 0 aliphatic heterocycles. The van der Waals surface area contributed by atoms with E-state index in [-0.39, 0.29) is 5.02 Å². The Kier molecular flexibility index (Phi) is 4.54. The number of aliphatic carboxylic acids is 1. The van der Waals surface area contributed by atoms with Crippen molar-refractivity contribution in [3.05, 3.63) is 28.3 Å². The first-order valence-electron chi connectivity index (χ1n) is 5.25. The van der Waals surface area contributed by atoms with Crippen molar-refractivity contribution in [2.24, 2.45) is 0 Å². The standard InChI is InChI=1S/C12H13ClN2O3/c1-6-9(4-3-8(5-14)10(6)13)15-11(7(2)16)12(17)18/h3-4,7,11,15-16H,1-2H3,(H,17,18)/t7?,11-/m1/s1. The Balaban J connectivity index is 3.09. The summed E-state index contributed by atoms with van der Waals surface area (Å²) in [5.74, 6) is -1.16. The molecule has 0 saturated carbocycles. The molecule has 1 unspecified atom stereocenters. The van der Waals surface area contributed by atoms with E-state index in [2.05, 4.69) is 5.32 Å². The van der Waals surface area contributed by atoms with Crippen molar-refractivity contribution in [1.82, 2.24) is 0 Å². The molecule has 0 radical (unpaired) electrons. The molecule has 0 heterocycles. The minimum Gasteiger partial charge on any atom is -0.480 e. The molecular formula is C12H13ClN2O3. The Bertz CT molecular complexity index is 509. The molecule has 18 heavy (non-hydrogen) atoms. The summed E-state index contributed by atoms with van der Waals surface area (Å²) in [4.78, 5) is 11.0. The third kappa shape index (κ3) is 2.92. The van der Waals surface area contributed by atoms with Gasteiger partial charge < -0.3 is 15.5 Å². The molecule has 0 bridgehead atoms. The lowest BCUT2D eigenvalue weighted by molar-refractivity contribution is -0.140. The van der Waals surface area contributed by atoms with Crippen molar-refractivity contribution >= 4 is 23.3 Å². The minimum absolute atomic E-state index is 0.275. The first kappa shape index (κ1) is 14.3. The lowest BCUT2D eigenvalue weighted by Gasteiger charge is -2.20. The van der Waals surface area contributed by atoms with Crippen molar-refractivity contribution in [1.29, 1.82) is 5.26 Å². The van der Waals surface area contributed by atoms with E-state index in [4.69, 9.17) is 22.0 Å². The average molecular weight is 269 g/mol. The van der Waals surface area contributed by atoms with Crippen LogP contribution < -0.4 is 5.32 Å². The van der Waals surface area contributed by atoms with E-state index in [0.29, 0.717) is 16.8 Å². The fraction of sp³-hybridized carbons (Fsp3) is 0.333. The second kappa shape index (κ2) is 5.71. The Hall–Kier alpha value is -1.77. The molecule has 0 fully saturated rings. The van der Waals surface area contributed by atoms with Crippen LogP contribution in [0.2, 0.25) is 5.02 Å². The minimum atomic E-state index is -1.16. The van der Waals surface area contributed by atoms with E-state index in [1.165, 1.54) is 13.0 Å². The molecule has 0 aromatic heterocycles. The molecule has 1 aromatic rings. The largest absolute Gasteiger partial charge is 0.480 e.